The Hall–Kier alpha value is -2.24. The third-order valence-electron chi connectivity index (χ3n) is 4.24. The fourth-order valence-corrected chi connectivity index (χ4v) is 3.85. The van der Waals surface area contributed by atoms with Crippen molar-refractivity contribution < 1.29 is 4.79 Å². The number of carbonyl (C=O) groups is 1. The molecule has 3 aromatic rings. The standard InChI is InChI=1S/C21H25N3OS/c1-24(16-17-8-3-2-4-9-17)15-7-14-22-20(25)12-13-21-23-18-10-5-6-11-19(18)26-21/h2-6,8-11H,7,12-16H2,1H3,(H,22,25). The van der Waals surface area contributed by atoms with Crippen molar-refractivity contribution in [2.24, 2.45) is 0 Å². The van der Waals surface area contributed by atoms with Gasteiger partial charge in [-0.25, -0.2) is 4.98 Å². The molecule has 4 nitrogen and oxygen atoms in total. The molecule has 0 fully saturated rings. The Morgan fingerprint density at radius 3 is 2.69 bits per heavy atom. The van der Waals surface area contributed by atoms with Crippen molar-refractivity contribution >= 4 is 27.5 Å². The second-order valence-corrected chi connectivity index (χ2v) is 7.62. The minimum atomic E-state index is 0.106. The van der Waals surface area contributed by atoms with Gasteiger partial charge in [0.2, 0.25) is 5.91 Å². The van der Waals surface area contributed by atoms with Crippen LogP contribution in [0.3, 0.4) is 0 Å². The largest absolute Gasteiger partial charge is 0.356 e. The average Bonchev–Trinajstić information content (AvgIpc) is 3.07. The van der Waals surface area contributed by atoms with Gasteiger partial charge in [0.15, 0.2) is 0 Å². The third-order valence-corrected chi connectivity index (χ3v) is 5.33. The van der Waals surface area contributed by atoms with Gasteiger partial charge in [-0.1, -0.05) is 42.5 Å². The summed E-state index contributed by atoms with van der Waals surface area (Å²) in [6.45, 7) is 2.62. The summed E-state index contributed by atoms with van der Waals surface area (Å²) in [5.74, 6) is 0.106. The summed E-state index contributed by atoms with van der Waals surface area (Å²) in [7, 11) is 2.11. The Bertz CT molecular complexity index is 798. The molecule has 0 aliphatic rings. The minimum Gasteiger partial charge on any atom is -0.356 e. The summed E-state index contributed by atoms with van der Waals surface area (Å²) in [5.41, 5.74) is 2.34. The van der Waals surface area contributed by atoms with E-state index in [-0.39, 0.29) is 5.91 Å². The Balaban J connectivity index is 1.31. The van der Waals surface area contributed by atoms with Gasteiger partial charge in [0, 0.05) is 25.9 Å². The highest BCUT2D eigenvalue weighted by atomic mass is 32.1. The van der Waals surface area contributed by atoms with E-state index in [1.807, 2.05) is 24.3 Å². The zero-order valence-corrected chi connectivity index (χ0v) is 16.0. The lowest BCUT2D eigenvalue weighted by Crippen LogP contribution is -2.28. The van der Waals surface area contributed by atoms with Crippen molar-refractivity contribution in [2.45, 2.75) is 25.8 Å². The van der Waals surface area contributed by atoms with Crippen molar-refractivity contribution in [2.75, 3.05) is 20.1 Å². The number of nitrogens with one attached hydrogen (secondary N) is 1. The van der Waals surface area contributed by atoms with Crippen molar-refractivity contribution in [1.82, 2.24) is 15.2 Å². The highest BCUT2D eigenvalue weighted by Crippen LogP contribution is 2.22. The van der Waals surface area contributed by atoms with E-state index in [1.165, 1.54) is 10.3 Å². The number of aromatic nitrogens is 1. The van der Waals surface area contributed by atoms with Crippen LogP contribution in [0.5, 0.6) is 0 Å². The number of rotatable bonds is 9. The summed E-state index contributed by atoms with van der Waals surface area (Å²) in [6, 6.07) is 18.5. The molecule has 2 aromatic carbocycles. The lowest BCUT2D eigenvalue weighted by atomic mass is 10.2. The van der Waals surface area contributed by atoms with Crippen molar-refractivity contribution in [1.29, 1.82) is 0 Å². The first-order chi connectivity index (χ1) is 12.7. The molecule has 26 heavy (non-hydrogen) atoms. The molecule has 0 aliphatic heterocycles. The fourth-order valence-electron chi connectivity index (χ4n) is 2.89. The number of hydrogen-bond acceptors (Lipinski definition) is 4. The van der Waals surface area contributed by atoms with Gasteiger partial charge in [0.1, 0.15) is 0 Å². The molecule has 0 spiro atoms. The zero-order valence-electron chi connectivity index (χ0n) is 15.1. The molecule has 0 radical (unpaired) electrons. The van der Waals surface area contributed by atoms with E-state index in [9.17, 15) is 4.79 Å². The van der Waals surface area contributed by atoms with Gasteiger partial charge >= 0.3 is 0 Å². The van der Waals surface area contributed by atoms with E-state index >= 15 is 0 Å². The number of para-hydroxylation sites is 1. The molecule has 5 heteroatoms. The Labute approximate surface area is 158 Å². The lowest BCUT2D eigenvalue weighted by molar-refractivity contribution is -0.121. The first kappa shape index (κ1) is 18.5. The number of benzene rings is 2. The van der Waals surface area contributed by atoms with Crippen LogP contribution in [0, 0.1) is 0 Å². The quantitative estimate of drug-likeness (QED) is 0.584. The number of carbonyl (C=O) groups excluding carboxylic acids is 1. The molecular formula is C21H25N3OS. The van der Waals surface area contributed by atoms with Crippen LogP contribution in [0.25, 0.3) is 10.2 Å². The zero-order chi connectivity index (χ0) is 18.2. The molecular weight excluding hydrogens is 342 g/mol. The van der Waals surface area contributed by atoms with Crippen LogP contribution in [-0.4, -0.2) is 35.9 Å². The van der Waals surface area contributed by atoms with E-state index in [4.69, 9.17) is 0 Å². The first-order valence-electron chi connectivity index (χ1n) is 9.04. The number of nitrogens with zero attached hydrogens (tertiary/aromatic N) is 2. The molecule has 0 saturated carbocycles. The third kappa shape index (κ3) is 5.64. The second-order valence-electron chi connectivity index (χ2n) is 6.50. The highest BCUT2D eigenvalue weighted by Gasteiger charge is 2.07. The van der Waals surface area contributed by atoms with Gasteiger partial charge in [0.25, 0.3) is 0 Å². The van der Waals surface area contributed by atoms with Crippen LogP contribution in [0.1, 0.15) is 23.4 Å². The van der Waals surface area contributed by atoms with Gasteiger partial charge < -0.3 is 10.2 Å². The SMILES string of the molecule is CN(CCCNC(=O)CCc1nc2ccccc2s1)Cc1ccccc1. The molecule has 0 aliphatic carbocycles. The van der Waals surface area contributed by atoms with Crippen molar-refractivity contribution in [3.8, 4) is 0 Å². The number of fused-ring (bicyclic) bond motifs is 1. The van der Waals surface area contributed by atoms with E-state index in [0.717, 1.165) is 36.6 Å². The van der Waals surface area contributed by atoms with Crippen LogP contribution in [0.2, 0.25) is 0 Å². The van der Waals surface area contributed by atoms with E-state index in [1.54, 1.807) is 11.3 Å². The molecule has 1 amide bonds. The van der Waals surface area contributed by atoms with E-state index in [0.29, 0.717) is 12.8 Å². The number of hydrogen-bond donors (Lipinski definition) is 1. The molecule has 136 valence electrons. The summed E-state index contributed by atoms with van der Waals surface area (Å²) in [5, 5.41) is 4.05. The van der Waals surface area contributed by atoms with E-state index in [2.05, 4.69) is 52.6 Å². The predicted octanol–water partition coefficient (Wildman–Crippen LogP) is 3.87. The molecule has 0 bridgehead atoms. The Morgan fingerprint density at radius 2 is 1.88 bits per heavy atom. The Kier molecular flexibility index (Phi) is 6.75. The average molecular weight is 368 g/mol. The molecule has 0 unspecified atom stereocenters. The molecule has 0 saturated heterocycles. The van der Waals surface area contributed by atoms with Gasteiger partial charge in [-0.2, -0.15) is 0 Å². The maximum absolute atomic E-state index is 12.0. The minimum absolute atomic E-state index is 0.106. The summed E-state index contributed by atoms with van der Waals surface area (Å²) in [6.07, 6.45) is 2.16. The smallest absolute Gasteiger partial charge is 0.220 e. The number of amides is 1. The maximum Gasteiger partial charge on any atom is 0.220 e. The summed E-state index contributed by atoms with van der Waals surface area (Å²) >= 11 is 1.67. The molecule has 1 N–H and O–H groups in total. The molecule has 3 rings (SSSR count). The predicted molar refractivity (Wildman–Crippen MR) is 108 cm³/mol. The molecule has 1 aromatic heterocycles. The van der Waals surface area contributed by atoms with Crippen LogP contribution < -0.4 is 5.32 Å². The monoisotopic (exact) mass is 367 g/mol. The highest BCUT2D eigenvalue weighted by molar-refractivity contribution is 7.18. The van der Waals surface area contributed by atoms with Gasteiger partial charge in [-0.3, -0.25) is 4.79 Å². The normalized spacial score (nSPS) is 11.2. The first-order valence-corrected chi connectivity index (χ1v) is 9.86. The number of thiazole rings is 1. The summed E-state index contributed by atoms with van der Waals surface area (Å²) in [4.78, 5) is 18.9. The lowest BCUT2D eigenvalue weighted by Gasteiger charge is -2.16. The van der Waals surface area contributed by atoms with Gasteiger partial charge in [-0.05, 0) is 37.7 Å². The van der Waals surface area contributed by atoms with Crippen molar-refractivity contribution in [3.63, 3.8) is 0 Å². The number of aryl methyl sites for hydroxylation is 1. The second kappa shape index (κ2) is 9.46. The topological polar surface area (TPSA) is 45.2 Å². The van der Waals surface area contributed by atoms with Gasteiger partial charge in [0.05, 0.1) is 15.2 Å². The van der Waals surface area contributed by atoms with Crippen LogP contribution in [0.4, 0.5) is 0 Å². The maximum atomic E-state index is 12.0. The Morgan fingerprint density at radius 1 is 1.12 bits per heavy atom. The van der Waals surface area contributed by atoms with Crippen molar-refractivity contribution in [3.05, 3.63) is 65.2 Å². The van der Waals surface area contributed by atoms with Crippen LogP contribution >= 0.6 is 11.3 Å². The van der Waals surface area contributed by atoms with Crippen LogP contribution in [0.15, 0.2) is 54.6 Å². The van der Waals surface area contributed by atoms with E-state index < -0.39 is 0 Å². The summed E-state index contributed by atoms with van der Waals surface area (Å²) < 4.78 is 1.18. The van der Waals surface area contributed by atoms with Gasteiger partial charge in [-0.15, -0.1) is 11.3 Å². The van der Waals surface area contributed by atoms with Crippen LogP contribution in [-0.2, 0) is 17.8 Å². The molecule has 1 heterocycles. The fraction of sp³-hybridized carbons (Fsp3) is 0.333. The molecule has 0 atom stereocenters.